The molecule has 3 nitrogen and oxygen atoms in total. The molecule has 0 aliphatic rings. The van der Waals surface area contributed by atoms with Gasteiger partial charge in [0.05, 0.1) is 11.6 Å². The van der Waals surface area contributed by atoms with Gasteiger partial charge >= 0.3 is 0 Å². The number of hydrogen-bond donors (Lipinski definition) is 0. The van der Waals surface area contributed by atoms with Crippen LogP contribution in [0, 0.1) is 11.3 Å². The van der Waals surface area contributed by atoms with Crippen LogP contribution in [-0.2, 0) is 0 Å². The minimum absolute atomic E-state index is 0.0993. The van der Waals surface area contributed by atoms with Gasteiger partial charge in [-0.1, -0.05) is 0 Å². The molecule has 0 atom stereocenters. The van der Waals surface area contributed by atoms with Gasteiger partial charge in [0, 0.05) is 6.07 Å². The van der Waals surface area contributed by atoms with Crippen LogP contribution in [0.5, 0.6) is 11.5 Å². The highest BCUT2D eigenvalue weighted by Crippen LogP contribution is 2.28. The van der Waals surface area contributed by atoms with Crippen molar-refractivity contribution in [3.05, 3.63) is 23.8 Å². The van der Waals surface area contributed by atoms with Crippen molar-refractivity contribution in [2.24, 2.45) is 0 Å². The number of halogens is 2. The summed E-state index contributed by atoms with van der Waals surface area (Å²) in [6.07, 6.45) is 0. The predicted octanol–water partition coefficient (Wildman–Crippen LogP) is 2.25. The molecule has 1 rings (SSSR count). The minimum atomic E-state index is -0.640. The summed E-state index contributed by atoms with van der Waals surface area (Å²) in [5, 5.41) is 8.67. The first-order valence-electron chi connectivity index (χ1n) is 4.73. The summed E-state index contributed by atoms with van der Waals surface area (Å²) in [5.41, 5.74) is 0.376. The molecule has 0 N–H and O–H groups in total. The number of hydrogen-bond acceptors (Lipinski definition) is 3. The average molecular weight is 227 g/mol. The van der Waals surface area contributed by atoms with Crippen LogP contribution in [0.25, 0.3) is 0 Å². The second kappa shape index (κ2) is 6.62. The number of ether oxygens (including phenoxy) is 2. The Morgan fingerprint density at radius 3 is 2.25 bits per heavy atom. The van der Waals surface area contributed by atoms with E-state index in [2.05, 4.69) is 0 Å². The van der Waals surface area contributed by atoms with Gasteiger partial charge in [0.1, 0.15) is 26.6 Å². The Labute approximate surface area is 92.2 Å². The molecule has 0 fully saturated rings. The predicted molar refractivity (Wildman–Crippen MR) is 54.1 cm³/mol. The molecular formula is C11H11F2NO2. The van der Waals surface area contributed by atoms with Crippen molar-refractivity contribution in [1.82, 2.24) is 0 Å². The molecule has 0 heterocycles. The Hall–Kier alpha value is -1.83. The van der Waals surface area contributed by atoms with Gasteiger partial charge in [-0.2, -0.15) is 5.26 Å². The van der Waals surface area contributed by atoms with Crippen molar-refractivity contribution in [2.75, 3.05) is 26.6 Å². The van der Waals surface area contributed by atoms with E-state index in [1.807, 2.05) is 6.07 Å². The van der Waals surface area contributed by atoms with Crippen molar-refractivity contribution in [1.29, 1.82) is 5.26 Å². The molecule has 16 heavy (non-hydrogen) atoms. The summed E-state index contributed by atoms with van der Waals surface area (Å²) in [4.78, 5) is 0. The first kappa shape index (κ1) is 12.2. The number of alkyl halides is 2. The summed E-state index contributed by atoms with van der Waals surface area (Å²) in [6, 6.07) is 6.38. The monoisotopic (exact) mass is 227 g/mol. The third kappa shape index (κ3) is 3.39. The fraction of sp³-hybridized carbons (Fsp3) is 0.364. The maximum absolute atomic E-state index is 12.0. The maximum atomic E-state index is 12.0. The topological polar surface area (TPSA) is 42.2 Å². The van der Waals surface area contributed by atoms with Crippen LogP contribution in [-0.4, -0.2) is 26.6 Å². The van der Waals surface area contributed by atoms with Crippen LogP contribution in [0.4, 0.5) is 8.78 Å². The number of benzene rings is 1. The molecule has 0 amide bonds. The van der Waals surface area contributed by atoms with Gasteiger partial charge < -0.3 is 9.47 Å². The van der Waals surface area contributed by atoms with E-state index in [-0.39, 0.29) is 19.0 Å². The fourth-order valence-corrected chi connectivity index (χ4v) is 1.11. The van der Waals surface area contributed by atoms with Crippen LogP contribution in [0.1, 0.15) is 5.56 Å². The number of rotatable bonds is 6. The van der Waals surface area contributed by atoms with Gasteiger partial charge in [0.15, 0.2) is 11.5 Å². The molecular weight excluding hydrogens is 216 g/mol. The summed E-state index contributed by atoms with van der Waals surface area (Å²) >= 11 is 0. The largest absolute Gasteiger partial charge is 0.487 e. The van der Waals surface area contributed by atoms with E-state index < -0.39 is 13.3 Å². The molecule has 0 unspecified atom stereocenters. The molecule has 0 radical (unpaired) electrons. The van der Waals surface area contributed by atoms with Crippen LogP contribution < -0.4 is 9.47 Å². The lowest BCUT2D eigenvalue weighted by molar-refractivity contribution is 0.235. The Morgan fingerprint density at radius 2 is 1.69 bits per heavy atom. The first-order chi connectivity index (χ1) is 7.81. The molecule has 0 saturated carbocycles. The van der Waals surface area contributed by atoms with E-state index in [1.165, 1.54) is 18.2 Å². The molecule has 0 spiro atoms. The van der Waals surface area contributed by atoms with Crippen molar-refractivity contribution < 1.29 is 18.3 Å². The van der Waals surface area contributed by atoms with Crippen LogP contribution in [0.3, 0.4) is 0 Å². The zero-order chi connectivity index (χ0) is 11.8. The van der Waals surface area contributed by atoms with Crippen molar-refractivity contribution in [3.8, 4) is 17.6 Å². The molecule has 1 aromatic carbocycles. The van der Waals surface area contributed by atoms with Gasteiger partial charge in [-0.3, -0.25) is 0 Å². The van der Waals surface area contributed by atoms with Crippen LogP contribution in [0.2, 0.25) is 0 Å². The zero-order valence-corrected chi connectivity index (χ0v) is 8.58. The summed E-state index contributed by atoms with van der Waals surface area (Å²) in [5.74, 6) is 0.565. The Balaban J connectivity index is 2.83. The molecule has 5 heteroatoms. The highest BCUT2D eigenvalue weighted by Gasteiger charge is 2.06. The number of nitrogens with zero attached hydrogens (tertiary/aromatic N) is 1. The smallest absolute Gasteiger partial charge is 0.162 e. The van der Waals surface area contributed by atoms with E-state index in [1.54, 1.807) is 0 Å². The van der Waals surface area contributed by atoms with E-state index in [0.717, 1.165) is 0 Å². The van der Waals surface area contributed by atoms with E-state index in [9.17, 15) is 8.78 Å². The Morgan fingerprint density at radius 1 is 1.06 bits per heavy atom. The highest BCUT2D eigenvalue weighted by molar-refractivity contribution is 5.46. The SMILES string of the molecule is N#Cc1ccc(OCCF)c(OCCF)c1. The lowest BCUT2D eigenvalue weighted by Gasteiger charge is -2.11. The second-order valence-electron chi connectivity index (χ2n) is 2.85. The maximum Gasteiger partial charge on any atom is 0.162 e. The van der Waals surface area contributed by atoms with Crippen molar-refractivity contribution >= 4 is 0 Å². The summed E-state index contributed by atoms with van der Waals surface area (Å²) < 4.78 is 34.0. The highest BCUT2D eigenvalue weighted by atomic mass is 19.1. The van der Waals surface area contributed by atoms with Crippen molar-refractivity contribution in [2.45, 2.75) is 0 Å². The van der Waals surface area contributed by atoms with E-state index >= 15 is 0 Å². The second-order valence-corrected chi connectivity index (χ2v) is 2.85. The van der Waals surface area contributed by atoms with E-state index in [4.69, 9.17) is 14.7 Å². The van der Waals surface area contributed by atoms with E-state index in [0.29, 0.717) is 11.3 Å². The standard InChI is InChI=1S/C11H11F2NO2/c12-3-5-15-10-2-1-9(8-14)7-11(10)16-6-4-13/h1-2,7H,3-6H2. The quantitative estimate of drug-likeness (QED) is 0.748. The average Bonchev–Trinajstić information content (AvgIpc) is 2.34. The summed E-state index contributed by atoms with van der Waals surface area (Å²) in [7, 11) is 0. The van der Waals surface area contributed by atoms with Crippen LogP contribution >= 0.6 is 0 Å². The Bertz CT molecular complexity index is 377. The molecule has 0 bridgehead atoms. The van der Waals surface area contributed by atoms with Gasteiger partial charge in [-0.25, -0.2) is 8.78 Å². The van der Waals surface area contributed by atoms with Gasteiger partial charge in [0.25, 0.3) is 0 Å². The van der Waals surface area contributed by atoms with Gasteiger partial charge in [-0.15, -0.1) is 0 Å². The molecule has 1 aromatic rings. The molecule has 0 aliphatic heterocycles. The number of nitriles is 1. The molecule has 0 saturated heterocycles. The third-order valence-corrected chi connectivity index (χ3v) is 1.74. The van der Waals surface area contributed by atoms with Gasteiger partial charge in [0.2, 0.25) is 0 Å². The van der Waals surface area contributed by atoms with Gasteiger partial charge in [-0.05, 0) is 12.1 Å². The zero-order valence-electron chi connectivity index (χ0n) is 8.58. The third-order valence-electron chi connectivity index (χ3n) is 1.74. The van der Waals surface area contributed by atoms with Crippen LogP contribution in [0.15, 0.2) is 18.2 Å². The minimum Gasteiger partial charge on any atom is -0.487 e. The molecule has 0 aromatic heterocycles. The fourth-order valence-electron chi connectivity index (χ4n) is 1.11. The van der Waals surface area contributed by atoms with Crippen molar-refractivity contribution in [3.63, 3.8) is 0 Å². The lowest BCUT2D eigenvalue weighted by Crippen LogP contribution is -2.04. The molecule has 86 valence electrons. The first-order valence-corrected chi connectivity index (χ1v) is 4.73. The normalized spacial score (nSPS) is 9.56. The summed E-state index contributed by atoms with van der Waals surface area (Å²) in [6.45, 7) is -1.49. The molecule has 0 aliphatic carbocycles. The lowest BCUT2D eigenvalue weighted by atomic mass is 10.2. The Kier molecular flexibility index (Phi) is 5.06.